The van der Waals surface area contributed by atoms with Gasteiger partial charge in [-0.3, -0.25) is 9.59 Å². The second-order valence-corrected chi connectivity index (χ2v) is 11.1. The highest BCUT2D eigenvalue weighted by molar-refractivity contribution is 7.80. The third-order valence-electron chi connectivity index (χ3n) is 6.06. The van der Waals surface area contributed by atoms with Crippen molar-refractivity contribution >= 4 is 47.8 Å². The Morgan fingerprint density at radius 3 is 2.32 bits per heavy atom. The highest BCUT2D eigenvalue weighted by Gasteiger charge is 2.48. The fourth-order valence-electron chi connectivity index (χ4n) is 4.06. The first kappa shape index (κ1) is 28.7. The number of aryl methyl sites for hydroxylation is 1. The zero-order valence-corrected chi connectivity index (χ0v) is 23.3. The van der Waals surface area contributed by atoms with Crippen LogP contribution in [-0.2, 0) is 14.3 Å². The van der Waals surface area contributed by atoms with Gasteiger partial charge in [0.05, 0.1) is 10.7 Å². The summed E-state index contributed by atoms with van der Waals surface area (Å²) in [4.78, 5) is 41.8. The molecule has 4 unspecified atom stereocenters. The Balaban J connectivity index is 2.00. The molecule has 3 amide bonds. The average molecular weight is 548 g/mol. The molecule has 0 bridgehead atoms. The van der Waals surface area contributed by atoms with Gasteiger partial charge in [-0.15, -0.1) is 0 Å². The Bertz CT molecular complexity index is 1130. The largest absolute Gasteiger partial charge is 0.508 e. The minimum absolute atomic E-state index is 0.00319. The Kier molecular flexibility index (Phi) is 9.02. The lowest BCUT2D eigenvalue weighted by molar-refractivity contribution is -0.141. The lowest BCUT2D eigenvalue weighted by atomic mass is 10.0. The first-order valence-electron chi connectivity index (χ1n) is 12.1. The fraction of sp³-hybridized carbons (Fsp3) is 0.444. The number of ether oxygens (including phenoxy) is 1. The highest BCUT2D eigenvalue weighted by Crippen LogP contribution is 2.41. The second kappa shape index (κ2) is 11.6. The summed E-state index contributed by atoms with van der Waals surface area (Å²) in [5.41, 5.74) is 0.970. The molecule has 0 radical (unpaired) electrons. The Labute approximate surface area is 228 Å². The molecule has 0 saturated heterocycles. The van der Waals surface area contributed by atoms with E-state index in [4.69, 9.17) is 16.3 Å². The van der Waals surface area contributed by atoms with Crippen LogP contribution in [0.4, 0.5) is 10.5 Å². The standard InChI is InChI=1S/C27H34ClN3O5S/c1-15-7-6-8-19(28)22(15)30-24(33)23(17-9-11-18(32)12-10-17)31(21-13-16(21)2)25(34)20(14-37)29-26(35)36-27(3,4)5/h6-12,16,20-21,23,32,37H,13-14H2,1-5H3,(H,29,35)(H,30,33). The summed E-state index contributed by atoms with van der Waals surface area (Å²) in [7, 11) is 0. The van der Waals surface area contributed by atoms with E-state index in [-0.39, 0.29) is 23.5 Å². The van der Waals surface area contributed by atoms with Crippen molar-refractivity contribution in [1.82, 2.24) is 10.2 Å². The van der Waals surface area contributed by atoms with Crippen LogP contribution in [0.2, 0.25) is 5.02 Å². The van der Waals surface area contributed by atoms with E-state index in [9.17, 15) is 19.5 Å². The zero-order chi connectivity index (χ0) is 27.5. The van der Waals surface area contributed by atoms with Gasteiger partial charge in [0.15, 0.2) is 0 Å². The second-order valence-electron chi connectivity index (χ2n) is 10.3. The number of phenolic OH excluding ortho intramolecular Hbond substituents is 1. The van der Waals surface area contributed by atoms with Gasteiger partial charge in [-0.25, -0.2) is 4.79 Å². The van der Waals surface area contributed by atoms with Crippen LogP contribution in [0, 0.1) is 12.8 Å². The Morgan fingerprint density at radius 2 is 1.81 bits per heavy atom. The minimum atomic E-state index is -1.05. The first-order chi connectivity index (χ1) is 17.3. The number of amides is 3. The van der Waals surface area contributed by atoms with E-state index in [0.29, 0.717) is 22.7 Å². The van der Waals surface area contributed by atoms with E-state index in [1.807, 2.05) is 19.9 Å². The van der Waals surface area contributed by atoms with Crippen LogP contribution < -0.4 is 10.6 Å². The number of para-hydroxylation sites is 1. The van der Waals surface area contributed by atoms with Gasteiger partial charge in [-0.2, -0.15) is 12.6 Å². The minimum Gasteiger partial charge on any atom is -0.508 e. The number of aromatic hydroxyl groups is 1. The van der Waals surface area contributed by atoms with Gasteiger partial charge in [0.25, 0.3) is 5.91 Å². The number of thiol groups is 1. The smallest absolute Gasteiger partial charge is 0.408 e. The molecule has 1 saturated carbocycles. The van der Waals surface area contributed by atoms with Crippen LogP contribution in [-0.4, -0.2) is 51.4 Å². The van der Waals surface area contributed by atoms with Crippen molar-refractivity contribution in [2.45, 2.75) is 64.8 Å². The summed E-state index contributed by atoms with van der Waals surface area (Å²) < 4.78 is 5.33. The number of halogens is 1. The number of alkyl carbamates (subject to hydrolysis) is 1. The summed E-state index contributed by atoms with van der Waals surface area (Å²) in [5.74, 6) is -0.741. The maximum Gasteiger partial charge on any atom is 0.408 e. The molecule has 3 rings (SSSR count). The topological polar surface area (TPSA) is 108 Å². The quantitative estimate of drug-likeness (QED) is 0.344. The maximum atomic E-state index is 13.9. The molecule has 0 aliphatic heterocycles. The number of nitrogens with one attached hydrogen (secondary N) is 2. The third kappa shape index (κ3) is 7.32. The van der Waals surface area contributed by atoms with Crippen LogP contribution in [0.1, 0.15) is 51.3 Å². The van der Waals surface area contributed by atoms with Gasteiger partial charge in [0, 0.05) is 11.8 Å². The number of hydrogen-bond donors (Lipinski definition) is 4. The molecular formula is C27H34ClN3O5S. The lowest BCUT2D eigenvalue weighted by Crippen LogP contribution is -2.54. The van der Waals surface area contributed by atoms with Crippen LogP contribution in [0.25, 0.3) is 0 Å². The summed E-state index contributed by atoms with van der Waals surface area (Å²) in [5, 5.41) is 15.7. The number of carbonyl (C=O) groups is 3. The summed E-state index contributed by atoms with van der Waals surface area (Å²) in [6.45, 7) is 9.00. The van der Waals surface area contributed by atoms with Crippen molar-refractivity contribution in [3.8, 4) is 5.75 Å². The molecule has 1 aliphatic rings. The first-order valence-corrected chi connectivity index (χ1v) is 13.1. The summed E-state index contributed by atoms with van der Waals surface area (Å²) >= 11 is 10.7. The molecule has 0 aromatic heterocycles. The van der Waals surface area contributed by atoms with Crippen LogP contribution >= 0.6 is 24.2 Å². The zero-order valence-electron chi connectivity index (χ0n) is 21.6. The van der Waals surface area contributed by atoms with Gasteiger partial charge >= 0.3 is 6.09 Å². The number of rotatable bonds is 8. The molecule has 8 nitrogen and oxygen atoms in total. The van der Waals surface area contributed by atoms with Gasteiger partial charge in [0.1, 0.15) is 23.4 Å². The molecule has 200 valence electrons. The van der Waals surface area contributed by atoms with Crippen molar-refractivity contribution in [2.75, 3.05) is 11.1 Å². The number of benzene rings is 2. The van der Waals surface area contributed by atoms with Crippen LogP contribution in [0.5, 0.6) is 5.75 Å². The van der Waals surface area contributed by atoms with Crippen molar-refractivity contribution < 1.29 is 24.2 Å². The molecule has 0 heterocycles. The SMILES string of the molecule is Cc1cccc(Cl)c1NC(=O)C(c1ccc(O)cc1)N(C(=O)C(CS)NC(=O)OC(C)(C)C)C1CC1C. The number of phenols is 1. The molecule has 0 spiro atoms. The lowest BCUT2D eigenvalue weighted by Gasteiger charge is -2.35. The van der Waals surface area contributed by atoms with Crippen molar-refractivity contribution in [2.24, 2.45) is 5.92 Å². The van der Waals surface area contributed by atoms with Crippen molar-refractivity contribution in [1.29, 1.82) is 0 Å². The molecule has 1 aliphatic carbocycles. The molecule has 37 heavy (non-hydrogen) atoms. The molecule has 1 fully saturated rings. The Hall–Kier alpha value is -2.91. The average Bonchev–Trinajstić information content (AvgIpc) is 3.53. The van der Waals surface area contributed by atoms with Crippen molar-refractivity contribution in [3.63, 3.8) is 0 Å². The van der Waals surface area contributed by atoms with E-state index < -0.39 is 35.6 Å². The maximum absolute atomic E-state index is 13.9. The fourth-order valence-corrected chi connectivity index (χ4v) is 4.58. The predicted molar refractivity (Wildman–Crippen MR) is 147 cm³/mol. The van der Waals surface area contributed by atoms with Crippen LogP contribution in [0.3, 0.4) is 0 Å². The number of carbonyl (C=O) groups excluding carboxylic acids is 3. The van der Waals surface area contributed by atoms with E-state index >= 15 is 0 Å². The van der Waals surface area contributed by atoms with Gasteiger partial charge in [0.2, 0.25) is 5.91 Å². The molecule has 3 N–H and O–H groups in total. The normalized spacial score (nSPS) is 18.4. The predicted octanol–water partition coefficient (Wildman–Crippen LogP) is 5.09. The van der Waals surface area contributed by atoms with E-state index in [1.165, 1.54) is 17.0 Å². The number of anilines is 1. The number of hydrogen-bond acceptors (Lipinski definition) is 6. The van der Waals surface area contributed by atoms with E-state index in [1.54, 1.807) is 45.0 Å². The van der Waals surface area contributed by atoms with Gasteiger partial charge in [-0.05, 0) is 69.4 Å². The van der Waals surface area contributed by atoms with Gasteiger partial charge in [-0.1, -0.05) is 42.8 Å². The van der Waals surface area contributed by atoms with E-state index in [0.717, 1.165) is 5.56 Å². The van der Waals surface area contributed by atoms with Crippen LogP contribution in [0.15, 0.2) is 42.5 Å². The molecule has 10 heteroatoms. The molecular weight excluding hydrogens is 514 g/mol. The Morgan fingerprint density at radius 1 is 1.19 bits per heavy atom. The van der Waals surface area contributed by atoms with Crippen molar-refractivity contribution in [3.05, 3.63) is 58.6 Å². The summed E-state index contributed by atoms with van der Waals surface area (Å²) in [6, 6.07) is 9.10. The number of nitrogens with zero attached hydrogens (tertiary/aromatic N) is 1. The summed E-state index contributed by atoms with van der Waals surface area (Å²) in [6.07, 6.45) is -0.0502. The van der Waals surface area contributed by atoms with Gasteiger partial charge < -0.3 is 25.4 Å². The van der Waals surface area contributed by atoms with E-state index in [2.05, 4.69) is 23.3 Å². The monoisotopic (exact) mass is 547 g/mol. The highest BCUT2D eigenvalue weighted by atomic mass is 35.5. The molecule has 2 aromatic carbocycles. The molecule has 2 aromatic rings. The molecule has 4 atom stereocenters. The third-order valence-corrected chi connectivity index (χ3v) is 6.74.